The molecule has 0 radical (unpaired) electrons. The number of unbranched alkanes of at least 4 members (excludes halogenated alkanes) is 7. The largest absolute Gasteiger partial charge is 0.467 e. The fourth-order valence-corrected chi connectivity index (χ4v) is 2.42. The first kappa shape index (κ1) is 19.3. The van der Waals surface area contributed by atoms with Gasteiger partial charge in [-0.3, -0.25) is 4.55 Å². The third-order valence-corrected chi connectivity index (χ3v) is 3.50. The minimum Gasteiger partial charge on any atom is -0.467 e. The van der Waals surface area contributed by atoms with Crippen LogP contribution in [-0.4, -0.2) is 32.2 Å². The summed E-state index contributed by atoms with van der Waals surface area (Å²) in [6, 6.07) is 0. The van der Waals surface area contributed by atoms with Crippen LogP contribution in [0.25, 0.3) is 0 Å². The molecule has 0 heterocycles. The maximum Gasteiger partial charge on any atom is 0.398 e. The Kier molecular flexibility index (Phi) is 10.7. The van der Waals surface area contributed by atoms with Crippen molar-refractivity contribution in [2.75, 3.05) is 7.11 Å². The van der Waals surface area contributed by atoms with E-state index in [1.165, 1.54) is 25.7 Å². The van der Waals surface area contributed by atoms with E-state index in [0.29, 0.717) is 6.42 Å². The average molecular weight is 310 g/mol. The number of rotatable bonds is 12. The third kappa shape index (κ3) is 11.2. The van der Waals surface area contributed by atoms with Crippen LogP contribution in [-0.2, 0) is 24.1 Å². The lowest BCUT2D eigenvalue weighted by molar-refractivity contribution is -0.149. The number of hydrogen-bond acceptors (Lipinski definition) is 5. The molecule has 0 rings (SSSR count). The monoisotopic (exact) mass is 310 g/mol. The quantitative estimate of drug-likeness (QED) is 0.339. The summed E-state index contributed by atoms with van der Waals surface area (Å²) < 4.78 is 38.6. The van der Waals surface area contributed by atoms with Crippen LogP contribution in [0.4, 0.5) is 0 Å². The van der Waals surface area contributed by atoms with E-state index in [2.05, 4.69) is 15.8 Å². The van der Waals surface area contributed by atoms with Crippen molar-refractivity contribution in [1.29, 1.82) is 0 Å². The van der Waals surface area contributed by atoms with Crippen LogP contribution in [0.5, 0.6) is 0 Å². The molecule has 0 spiro atoms. The van der Waals surface area contributed by atoms with E-state index in [1.54, 1.807) is 0 Å². The van der Waals surface area contributed by atoms with Gasteiger partial charge in [0.25, 0.3) is 0 Å². The van der Waals surface area contributed by atoms with Crippen molar-refractivity contribution in [3.63, 3.8) is 0 Å². The minimum atomic E-state index is -4.64. The lowest BCUT2D eigenvalue weighted by atomic mass is 10.1. The second-order valence-electron chi connectivity index (χ2n) is 4.80. The van der Waals surface area contributed by atoms with E-state index < -0.39 is 22.5 Å². The van der Waals surface area contributed by atoms with Gasteiger partial charge in [-0.1, -0.05) is 58.3 Å². The average Bonchev–Trinajstić information content (AvgIpc) is 2.38. The van der Waals surface area contributed by atoms with Gasteiger partial charge in [0.05, 0.1) is 7.11 Å². The zero-order valence-electron chi connectivity index (χ0n) is 12.3. The summed E-state index contributed by atoms with van der Waals surface area (Å²) in [5.74, 6) is -0.787. The zero-order chi connectivity index (χ0) is 15.4. The van der Waals surface area contributed by atoms with Gasteiger partial charge in [0.1, 0.15) is 0 Å². The first-order chi connectivity index (χ1) is 9.40. The van der Waals surface area contributed by atoms with E-state index in [9.17, 15) is 13.2 Å². The lowest BCUT2D eigenvalue weighted by Gasteiger charge is -2.12. The summed E-state index contributed by atoms with van der Waals surface area (Å²) in [5.41, 5.74) is 0. The normalized spacial score (nSPS) is 13.2. The first-order valence-electron chi connectivity index (χ1n) is 7.14. The van der Waals surface area contributed by atoms with E-state index >= 15 is 0 Å². The highest BCUT2D eigenvalue weighted by Gasteiger charge is 2.25. The van der Waals surface area contributed by atoms with Crippen LogP contribution in [0, 0.1) is 0 Å². The number of methoxy groups -OCH3 is 1. The molecule has 20 heavy (non-hydrogen) atoms. The Morgan fingerprint density at radius 1 is 1.05 bits per heavy atom. The number of carbonyl (C=O) groups is 1. The summed E-state index contributed by atoms with van der Waals surface area (Å²) in [5, 5.41) is 0. The maximum absolute atomic E-state index is 11.3. The van der Waals surface area contributed by atoms with Gasteiger partial charge < -0.3 is 4.74 Å². The van der Waals surface area contributed by atoms with Gasteiger partial charge in [-0.2, -0.15) is 8.42 Å². The lowest BCUT2D eigenvalue weighted by Crippen LogP contribution is -2.28. The van der Waals surface area contributed by atoms with Crippen LogP contribution in [0.1, 0.15) is 64.7 Å². The standard InChI is InChI=1S/C13H26O6S/c1-3-4-5-6-7-8-9-10-11-12(13(14)18-2)19-20(15,16)17/h12H,3-11H2,1-2H3,(H,15,16,17). The molecular weight excluding hydrogens is 284 g/mol. The van der Waals surface area contributed by atoms with Gasteiger partial charge in [0.15, 0.2) is 6.10 Å². The molecule has 6 nitrogen and oxygen atoms in total. The second kappa shape index (κ2) is 11.0. The van der Waals surface area contributed by atoms with Crippen molar-refractivity contribution in [2.24, 2.45) is 0 Å². The number of carbonyl (C=O) groups excluding carboxylic acids is 1. The molecule has 0 aromatic heterocycles. The molecule has 0 aliphatic rings. The first-order valence-corrected chi connectivity index (χ1v) is 8.50. The Morgan fingerprint density at radius 3 is 2.00 bits per heavy atom. The van der Waals surface area contributed by atoms with Gasteiger partial charge >= 0.3 is 16.4 Å². The van der Waals surface area contributed by atoms with Gasteiger partial charge in [0.2, 0.25) is 0 Å². The van der Waals surface area contributed by atoms with Gasteiger partial charge in [-0.15, -0.1) is 0 Å². The Balaban J connectivity index is 3.83. The highest BCUT2D eigenvalue weighted by Crippen LogP contribution is 2.13. The molecule has 0 saturated heterocycles. The fourth-order valence-electron chi connectivity index (χ4n) is 1.95. The molecular formula is C13H26O6S. The Labute approximate surface area is 121 Å². The van der Waals surface area contributed by atoms with Crippen LogP contribution < -0.4 is 0 Å². The zero-order valence-corrected chi connectivity index (χ0v) is 13.2. The predicted molar refractivity (Wildman–Crippen MR) is 75.7 cm³/mol. The molecule has 0 aromatic carbocycles. The van der Waals surface area contributed by atoms with Crippen molar-refractivity contribution in [3.8, 4) is 0 Å². The molecule has 0 saturated carbocycles. The van der Waals surface area contributed by atoms with Crippen molar-refractivity contribution >= 4 is 16.4 Å². The SMILES string of the molecule is CCCCCCCCCCC(OS(=O)(=O)O)C(=O)OC. The fraction of sp³-hybridized carbons (Fsp3) is 0.923. The van der Waals surface area contributed by atoms with E-state index in [4.69, 9.17) is 4.55 Å². The molecule has 0 amide bonds. The number of ether oxygens (including phenoxy) is 1. The maximum atomic E-state index is 11.3. The predicted octanol–water partition coefficient (Wildman–Crippen LogP) is 2.88. The molecule has 0 fully saturated rings. The van der Waals surface area contributed by atoms with Crippen LogP contribution in [0.3, 0.4) is 0 Å². The van der Waals surface area contributed by atoms with Gasteiger partial charge in [-0.25, -0.2) is 8.98 Å². The summed E-state index contributed by atoms with van der Waals surface area (Å²) in [6.45, 7) is 2.17. The number of hydrogen-bond donors (Lipinski definition) is 1. The molecule has 7 heteroatoms. The Morgan fingerprint density at radius 2 is 1.55 bits per heavy atom. The summed E-state index contributed by atoms with van der Waals surface area (Å²) in [7, 11) is -3.49. The van der Waals surface area contributed by atoms with E-state index in [0.717, 1.165) is 26.4 Å². The molecule has 0 aliphatic heterocycles. The highest BCUT2D eigenvalue weighted by molar-refractivity contribution is 7.80. The summed E-state index contributed by atoms with van der Waals surface area (Å²) in [6.07, 6.45) is 7.63. The van der Waals surface area contributed by atoms with Crippen molar-refractivity contribution < 1.29 is 26.7 Å². The Hall–Kier alpha value is -0.660. The molecule has 0 bridgehead atoms. The Bertz CT molecular complexity index is 352. The third-order valence-electron chi connectivity index (χ3n) is 3.02. The van der Waals surface area contributed by atoms with Crippen LogP contribution in [0.2, 0.25) is 0 Å². The van der Waals surface area contributed by atoms with Crippen molar-refractivity contribution in [3.05, 3.63) is 0 Å². The van der Waals surface area contributed by atoms with Gasteiger partial charge in [0, 0.05) is 0 Å². The molecule has 1 N–H and O–H groups in total. The smallest absolute Gasteiger partial charge is 0.398 e. The summed E-state index contributed by atoms with van der Waals surface area (Å²) in [4.78, 5) is 11.3. The van der Waals surface area contributed by atoms with E-state index in [-0.39, 0.29) is 6.42 Å². The van der Waals surface area contributed by atoms with Crippen LogP contribution in [0.15, 0.2) is 0 Å². The minimum absolute atomic E-state index is 0.224. The second-order valence-corrected chi connectivity index (χ2v) is 5.85. The van der Waals surface area contributed by atoms with Crippen LogP contribution >= 0.6 is 0 Å². The van der Waals surface area contributed by atoms with Gasteiger partial charge in [-0.05, 0) is 6.42 Å². The summed E-state index contributed by atoms with van der Waals surface area (Å²) >= 11 is 0. The van der Waals surface area contributed by atoms with E-state index in [1.807, 2.05) is 0 Å². The van der Waals surface area contributed by atoms with Crippen molar-refractivity contribution in [1.82, 2.24) is 0 Å². The molecule has 0 aromatic rings. The molecule has 120 valence electrons. The molecule has 1 atom stereocenters. The highest BCUT2D eigenvalue weighted by atomic mass is 32.3. The van der Waals surface area contributed by atoms with Crippen molar-refractivity contribution in [2.45, 2.75) is 70.8 Å². The topological polar surface area (TPSA) is 89.9 Å². The molecule has 1 unspecified atom stereocenters. The molecule has 0 aliphatic carbocycles. The number of esters is 1.